The van der Waals surface area contributed by atoms with Crippen molar-refractivity contribution in [3.63, 3.8) is 0 Å². The van der Waals surface area contributed by atoms with Crippen LogP contribution >= 0.6 is 15.9 Å². The van der Waals surface area contributed by atoms with Crippen LogP contribution in [0.25, 0.3) is 0 Å². The highest BCUT2D eigenvalue weighted by molar-refractivity contribution is 9.10. The molecule has 8 heteroatoms. The first-order valence-corrected chi connectivity index (χ1v) is 4.52. The lowest BCUT2D eigenvalue weighted by Crippen LogP contribution is -2.14. The van der Waals surface area contributed by atoms with E-state index in [0.717, 1.165) is 6.07 Å². The lowest BCUT2D eigenvalue weighted by molar-refractivity contribution is -0.140. The fraction of sp³-hybridized carbons (Fsp3) is 0.250. The lowest BCUT2D eigenvalue weighted by atomic mass is 10.1. The van der Waals surface area contributed by atoms with Crippen LogP contribution < -0.4 is 0 Å². The van der Waals surface area contributed by atoms with E-state index in [1.54, 1.807) is 0 Å². The molecule has 0 aliphatic rings. The molecule has 1 aromatic rings. The number of halogens is 6. The summed E-state index contributed by atoms with van der Waals surface area (Å²) in [5, 5.41) is 8.47. The van der Waals surface area contributed by atoms with Gasteiger partial charge in [-0.1, -0.05) is 0 Å². The molecule has 0 saturated heterocycles. The van der Waals surface area contributed by atoms with Gasteiger partial charge in [0.2, 0.25) is 0 Å². The van der Waals surface area contributed by atoms with Gasteiger partial charge in [-0.3, -0.25) is 0 Å². The molecule has 1 aromatic heterocycles. The molecule has 0 unspecified atom stereocenters. The minimum absolute atomic E-state index is 0.243. The van der Waals surface area contributed by atoms with Gasteiger partial charge < -0.3 is 0 Å². The Morgan fingerprint density at radius 1 is 1.38 bits per heavy atom. The van der Waals surface area contributed by atoms with Gasteiger partial charge in [-0.15, -0.1) is 0 Å². The van der Waals surface area contributed by atoms with Crippen molar-refractivity contribution in [1.29, 1.82) is 5.26 Å². The molecule has 0 atom stereocenters. The zero-order chi connectivity index (χ0) is 12.5. The van der Waals surface area contributed by atoms with Crippen LogP contribution in [-0.4, -0.2) is 4.98 Å². The maximum Gasteiger partial charge on any atom is 0.419 e. The van der Waals surface area contributed by atoms with Crippen molar-refractivity contribution >= 4 is 15.9 Å². The number of nitrogens with zero attached hydrogens (tertiary/aromatic N) is 2. The summed E-state index contributed by atoms with van der Waals surface area (Å²) >= 11 is 2.66. The topological polar surface area (TPSA) is 36.7 Å². The van der Waals surface area contributed by atoms with Crippen LogP contribution in [0.15, 0.2) is 10.7 Å². The van der Waals surface area contributed by atoms with Crippen LogP contribution in [0.4, 0.5) is 22.0 Å². The number of aromatic nitrogens is 1. The monoisotopic (exact) mass is 300 g/mol. The zero-order valence-corrected chi connectivity index (χ0v) is 8.90. The second-order valence-corrected chi connectivity index (χ2v) is 3.48. The van der Waals surface area contributed by atoms with E-state index < -0.39 is 29.4 Å². The van der Waals surface area contributed by atoms with Crippen LogP contribution in [0.3, 0.4) is 0 Å². The van der Waals surface area contributed by atoms with Crippen molar-refractivity contribution in [3.8, 4) is 6.07 Å². The zero-order valence-electron chi connectivity index (χ0n) is 7.32. The molecule has 0 spiro atoms. The van der Waals surface area contributed by atoms with Crippen molar-refractivity contribution in [2.24, 2.45) is 0 Å². The summed E-state index contributed by atoms with van der Waals surface area (Å²) in [6, 6.07) is 1.96. The first-order valence-electron chi connectivity index (χ1n) is 3.73. The third kappa shape index (κ3) is 2.47. The third-order valence-corrected chi connectivity index (χ3v) is 2.03. The summed E-state index contributed by atoms with van der Waals surface area (Å²) in [7, 11) is 0. The second-order valence-electron chi connectivity index (χ2n) is 2.66. The fourth-order valence-electron chi connectivity index (χ4n) is 1.08. The molecular formula is C8H2BrF5N2. The average Bonchev–Trinajstić information content (AvgIpc) is 2.14. The maximum atomic E-state index is 12.4. The van der Waals surface area contributed by atoms with Gasteiger partial charge in [0.25, 0.3) is 6.43 Å². The normalized spacial score (nSPS) is 11.6. The van der Waals surface area contributed by atoms with E-state index in [4.69, 9.17) is 5.26 Å². The highest BCUT2D eigenvalue weighted by Gasteiger charge is 2.40. The van der Waals surface area contributed by atoms with Gasteiger partial charge in [0.1, 0.15) is 15.9 Å². The predicted octanol–water partition coefficient (Wildman–Crippen LogP) is 3.67. The summed E-state index contributed by atoms with van der Waals surface area (Å²) in [5.41, 5.74) is -4.02. The Balaban J connectivity index is 3.60. The number of rotatable bonds is 1. The summed E-state index contributed by atoms with van der Waals surface area (Å²) in [5.74, 6) is 0. The van der Waals surface area contributed by atoms with Crippen molar-refractivity contribution in [3.05, 3.63) is 27.5 Å². The lowest BCUT2D eigenvalue weighted by Gasteiger charge is -2.13. The number of pyridine rings is 1. The predicted molar refractivity (Wildman–Crippen MR) is 46.6 cm³/mol. The third-order valence-electron chi connectivity index (χ3n) is 1.63. The van der Waals surface area contributed by atoms with Crippen LogP contribution in [0.1, 0.15) is 23.2 Å². The second kappa shape index (κ2) is 4.33. The molecule has 0 N–H and O–H groups in total. The summed E-state index contributed by atoms with van der Waals surface area (Å²) in [4.78, 5) is 3.04. The maximum absolute atomic E-state index is 12.4. The number of alkyl halides is 5. The Morgan fingerprint density at radius 3 is 2.31 bits per heavy atom. The molecule has 0 amide bonds. The Hall–Kier alpha value is -1.23. The van der Waals surface area contributed by atoms with Gasteiger partial charge in [0.05, 0.1) is 11.6 Å². The molecule has 2 nitrogen and oxygen atoms in total. The van der Waals surface area contributed by atoms with Crippen LogP contribution in [0.2, 0.25) is 0 Å². The molecule has 0 aliphatic carbocycles. The van der Waals surface area contributed by atoms with Crippen molar-refractivity contribution in [1.82, 2.24) is 4.98 Å². The van der Waals surface area contributed by atoms with Crippen LogP contribution in [0, 0.1) is 11.3 Å². The molecule has 1 heterocycles. The van der Waals surface area contributed by atoms with Crippen molar-refractivity contribution < 1.29 is 22.0 Å². The molecule has 0 aromatic carbocycles. The number of nitriles is 1. The molecule has 86 valence electrons. The average molecular weight is 301 g/mol. The first-order chi connectivity index (χ1) is 7.27. The number of hydrogen-bond donors (Lipinski definition) is 0. The van der Waals surface area contributed by atoms with Crippen LogP contribution in [-0.2, 0) is 6.18 Å². The Bertz CT molecular complexity index is 449. The number of hydrogen-bond acceptors (Lipinski definition) is 2. The molecule has 16 heavy (non-hydrogen) atoms. The highest BCUT2D eigenvalue weighted by Crippen LogP contribution is 2.38. The molecular weight excluding hydrogens is 299 g/mol. The van der Waals surface area contributed by atoms with Gasteiger partial charge in [-0.25, -0.2) is 13.8 Å². The fourth-order valence-corrected chi connectivity index (χ4v) is 1.50. The molecule has 0 fully saturated rings. The standard InChI is InChI=1S/C8H2BrF5N2/c9-4-1-3(2-15)5(8(12,13)14)6(16-4)7(10)11/h1,7H. The summed E-state index contributed by atoms with van der Waals surface area (Å²) in [6.07, 6.45) is -8.44. The minimum atomic E-state index is -5.04. The molecule has 0 radical (unpaired) electrons. The smallest absolute Gasteiger partial charge is 0.239 e. The summed E-state index contributed by atoms with van der Waals surface area (Å²) in [6.45, 7) is 0. The molecule has 0 bridgehead atoms. The van der Waals surface area contributed by atoms with E-state index in [1.807, 2.05) is 0 Å². The Morgan fingerprint density at radius 2 is 1.94 bits per heavy atom. The molecule has 0 aliphatic heterocycles. The Labute approximate surface area is 94.8 Å². The highest BCUT2D eigenvalue weighted by atomic mass is 79.9. The SMILES string of the molecule is N#Cc1cc(Br)nc(C(F)F)c1C(F)(F)F. The summed E-state index contributed by atoms with van der Waals surface area (Å²) < 4.78 is 61.8. The van der Waals surface area contributed by atoms with Gasteiger partial charge in [-0.2, -0.15) is 18.4 Å². The van der Waals surface area contributed by atoms with Crippen molar-refractivity contribution in [2.75, 3.05) is 0 Å². The van der Waals surface area contributed by atoms with E-state index >= 15 is 0 Å². The van der Waals surface area contributed by atoms with E-state index in [2.05, 4.69) is 20.9 Å². The molecule has 1 rings (SSSR count). The van der Waals surface area contributed by atoms with Gasteiger partial charge >= 0.3 is 6.18 Å². The van der Waals surface area contributed by atoms with Crippen LogP contribution in [0.5, 0.6) is 0 Å². The Kier molecular flexibility index (Phi) is 3.48. The van der Waals surface area contributed by atoms with Gasteiger partial charge in [0.15, 0.2) is 0 Å². The minimum Gasteiger partial charge on any atom is -0.239 e. The largest absolute Gasteiger partial charge is 0.419 e. The van der Waals surface area contributed by atoms with E-state index in [9.17, 15) is 22.0 Å². The quantitative estimate of drug-likeness (QED) is 0.586. The van der Waals surface area contributed by atoms with E-state index in [-0.39, 0.29) is 4.60 Å². The van der Waals surface area contributed by atoms with Gasteiger partial charge in [-0.05, 0) is 22.0 Å². The van der Waals surface area contributed by atoms with Crippen molar-refractivity contribution in [2.45, 2.75) is 12.6 Å². The van der Waals surface area contributed by atoms with Gasteiger partial charge in [0, 0.05) is 0 Å². The van der Waals surface area contributed by atoms with E-state index in [1.165, 1.54) is 6.07 Å². The first kappa shape index (κ1) is 12.8. The van der Waals surface area contributed by atoms with E-state index in [0.29, 0.717) is 0 Å². The molecule has 0 saturated carbocycles.